The molecule has 1 aliphatic carbocycles. The van der Waals surface area contributed by atoms with E-state index in [-0.39, 0.29) is 0 Å². The zero-order valence-corrected chi connectivity index (χ0v) is 11.5. The predicted molar refractivity (Wildman–Crippen MR) is 68.0 cm³/mol. The van der Waals surface area contributed by atoms with Gasteiger partial charge in [0.05, 0.1) is 0 Å². The minimum atomic E-state index is 0.536. The number of rotatable bonds is 6. The molecule has 0 spiro atoms. The summed E-state index contributed by atoms with van der Waals surface area (Å²) >= 11 is 0. The molecule has 0 amide bonds. The summed E-state index contributed by atoms with van der Waals surface area (Å²) in [5.41, 5.74) is 1.07. The van der Waals surface area contributed by atoms with E-state index in [2.05, 4.69) is 46.9 Å². The van der Waals surface area contributed by atoms with Crippen LogP contribution in [-0.4, -0.2) is 13.1 Å². The zero-order chi connectivity index (χ0) is 11.7. The summed E-state index contributed by atoms with van der Waals surface area (Å²) in [5.74, 6) is 1.73. The van der Waals surface area contributed by atoms with Gasteiger partial charge < -0.3 is 5.32 Å². The first-order valence-electron chi connectivity index (χ1n) is 6.58. The summed E-state index contributed by atoms with van der Waals surface area (Å²) in [7, 11) is 0. The average Bonchev–Trinajstić information content (AvgIpc) is 2.54. The summed E-state index contributed by atoms with van der Waals surface area (Å²) in [4.78, 5) is 0. The van der Waals surface area contributed by atoms with Crippen LogP contribution in [-0.2, 0) is 0 Å². The van der Waals surface area contributed by atoms with Crippen LogP contribution >= 0.6 is 0 Å². The van der Waals surface area contributed by atoms with Crippen molar-refractivity contribution in [3.8, 4) is 0 Å². The molecule has 0 aliphatic heterocycles. The second kappa shape index (κ2) is 4.45. The Balaban J connectivity index is 2.23. The fourth-order valence-electron chi connectivity index (χ4n) is 2.85. The van der Waals surface area contributed by atoms with Gasteiger partial charge in [-0.1, -0.05) is 54.4 Å². The highest BCUT2D eigenvalue weighted by atomic mass is 14.9. The summed E-state index contributed by atoms with van der Waals surface area (Å²) in [5, 5.41) is 3.66. The molecular formula is C14H29N. The van der Waals surface area contributed by atoms with Crippen molar-refractivity contribution in [2.45, 2.75) is 54.4 Å². The van der Waals surface area contributed by atoms with Crippen molar-refractivity contribution < 1.29 is 0 Å². The second-order valence-corrected chi connectivity index (χ2v) is 6.34. The SMILES string of the molecule is CCC(CC)CNCC1C(C)(C)C1(C)C. The Labute approximate surface area is 96.0 Å². The molecule has 15 heavy (non-hydrogen) atoms. The lowest BCUT2D eigenvalue weighted by atomic mass is 10.0. The van der Waals surface area contributed by atoms with Crippen LogP contribution in [0.25, 0.3) is 0 Å². The van der Waals surface area contributed by atoms with Crippen LogP contribution in [0, 0.1) is 22.7 Å². The molecule has 1 heteroatoms. The molecule has 0 radical (unpaired) electrons. The average molecular weight is 211 g/mol. The molecule has 1 rings (SSSR count). The van der Waals surface area contributed by atoms with E-state index >= 15 is 0 Å². The molecule has 1 fully saturated rings. The van der Waals surface area contributed by atoms with Gasteiger partial charge in [0.25, 0.3) is 0 Å². The lowest BCUT2D eigenvalue weighted by molar-refractivity contribution is 0.428. The third-order valence-electron chi connectivity index (χ3n) is 5.26. The van der Waals surface area contributed by atoms with Gasteiger partial charge in [0.15, 0.2) is 0 Å². The Morgan fingerprint density at radius 2 is 1.47 bits per heavy atom. The maximum atomic E-state index is 3.66. The highest BCUT2D eigenvalue weighted by Crippen LogP contribution is 2.67. The molecule has 0 aromatic carbocycles. The van der Waals surface area contributed by atoms with Gasteiger partial charge in [-0.05, 0) is 35.8 Å². The van der Waals surface area contributed by atoms with E-state index in [1.54, 1.807) is 0 Å². The molecule has 0 unspecified atom stereocenters. The van der Waals surface area contributed by atoms with Gasteiger partial charge in [0, 0.05) is 0 Å². The maximum Gasteiger partial charge on any atom is -0.000977 e. The fraction of sp³-hybridized carbons (Fsp3) is 1.00. The van der Waals surface area contributed by atoms with E-state index in [1.165, 1.54) is 25.9 Å². The molecule has 1 aliphatic rings. The Morgan fingerprint density at radius 1 is 1.00 bits per heavy atom. The molecule has 90 valence electrons. The van der Waals surface area contributed by atoms with Crippen LogP contribution < -0.4 is 5.32 Å². The monoisotopic (exact) mass is 211 g/mol. The van der Waals surface area contributed by atoms with Gasteiger partial charge in [0.1, 0.15) is 0 Å². The summed E-state index contributed by atoms with van der Waals surface area (Å²) < 4.78 is 0. The van der Waals surface area contributed by atoms with Crippen molar-refractivity contribution in [2.75, 3.05) is 13.1 Å². The van der Waals surface area contributed by atoms with Crippen LogP contribution in [0.4, 0.5) is 0 Å². The van der Waals surface area contributed by atoms with Gasteiger partial charge >= 0.3 is 0 Å². The Hall–Kier alpha value is -0.0400. The highest BCUT2D eigenvalue weighted by Gasteiger charge is 2.63. The van der Waals surface area contributed by atoms with Gasteiger partial charge in [-0.15, -0.1) is 0 Å². The lowest BCUT2D eigenvalue weighted by Crippen LogP contribution is -2.25. The predicted octanol–water partition coefficient (Wildman–Crippen LogP) is 3.69. The largest absolute Gasteiger partial charge is 0.316 e. The van der Waals surface area contributed by atoms with E-state index in [0.29, 0.717) is 10.8 Å². The molecular weight excluding hydrogens is 182 g/mol. The summed E-state index contributed by atoms with van der Waals surface area (Å²) in [6.45, 7) is 16.6. The third-order valence-corrected chi connectivity index (χ3v) is 5.26. The van der Waals surface area contributed by atoms with Crippen LogP contribution in [0.1, 0.15) is 54.4 Å². The second-order valence-electron chi connectivity index (χ2n) is 6.34. The van der Waals surface area contributed by atoms with Gasteiger partial charge in [-0.2, -0.15) is 0 Å². The van der Waals surface area contributed by atoms with E-state index < -0.39 is 0 Å². The Kier molecular flexibility index (Phi) is 3.86. The third kappa shape index (κ3) is 2.38. The minimum Gasteiger partial charge on any atom is -0.316 e. The first-order chi connectivity index (χ1) is 6.87. The van der Waals surface area contributed by atoms with E-state index in [0.717, 1.165) is 11.8 Å². The normalized spacial score (nSPS) is 23.4. The highest BCUT2D eigenvalue weighted by molar-refractivity contribution is 5.12. The molecule has 0 bridgehead atoms. The molecule has 1 nitrogen and oxygen atoms in total. The van der Waals surface area contributed by atoms with E-state index in [4.69, 9.17) is 0 Å². The Morgan fingerprint density at radius 3 is 1.80 bits per heavy atom. The van der Waals surface area contributed by atoms with Crippen molar-refractivity contribution in [3.63, 3.8) is 0 Å². The van der Waals surface area contributed by atoms with E-state index in [9.17, 15) is 0 Å². The van der Waals surface area contributed by atoms with E-state index in [1.807, 2.05) is 0 Å². The fourth-order valence-corrected chi connectivity index (χ4v) is 2.85. The standard InChI is InChI=1S/C14H29N/c1-7-11(8-2)9-15-10-12-13(3,4)14(12,5)6/h11-12,15H,7-10H2,1-6H3. The van der Waals surface area contributed by atoms with Crippen molar-refractivity contribution in [1.29, 1.82) is 0 Å². The smallest absolute Gasteiger partial charge is 0.000977 e. The van der Waals surface area contributed by atoms with Crippen LogP contribution in [0.15, 0.2) is 0 Å². The van der Waals surface area contributed by atoms with Crippen molar-refractivity contribution >= 4 is 0 Å². The van der Waals surface area contributed by atoms with Crippen LogP contribution in [0.5, 0.6) is 0 Å². The van der Waals surface area contributed by atoms with Crippen LogP contribution in [0.2, 0.25) is 0 Å². The Bertz CT molecular complexity index is 187. The quantitative estimate of drug-likeness (QED) is 0.706. The van der Waals surface area contributed by atoms with Crippen molar-refractivity contribution in [1.82, 2.24) is 5.32 Å². The molecule has 1 saturated carbocycles. The van der Waals surface area contributed by atoms with Crippen molar-refractivity contribution in [3.05, 3.63) is 0 Å². The van der Waals surface area contributed by atoms with Gasteiger partial charge in [-0.3, -0.25) is 0 Å². The molecule has 0 atom stereocenters. The minimum absolute atomic E-state index is 0.536. The number of hydrogen-bond donors (Lipinski definition) is 1. The van der Waals surface area contributed by atoms with Crippen molar-refractivity contribution in [2.24, 2.45) is 22.7 Å². The van der Waals surface area contributed by atoms with Crippen LogP contribution in [0.3, 0.4) is 0 Å². The molecule has 0 aromatic heterocycles. The molecule has 1 N–H and O–H groups in total. The topological polar surface area (TPSA) is 12.0 Å². The lowest BCUT2D eigenvalue weighted by Gasteiger charge is -2.13. The number of nitrogens with one attached hydrogen (secondary N) is 1. The van der Waals surface area contributed by atoms with Gasteiger partial charge in [0.2, 0.25) is 0 Å². The molecule has 0 heterocycles. The zero-order valence-electron chi connectivity index (χ0n) is 11.5. The first-order valence-corrected chi connectivity index (χ1v) is 6.58. The molecule has 0 saturated heterocycles. The van der Waals surface area contributed by atoms with Gasteiger partial charge in [-0.25, -0.2) is 0 Å². The summed E-state index contributed by atoms with van der Waals surface area (Å²) in [6, 6.07) is 0. The maximum absolute atomic E-state index is 3.66. The molecule has 0 aromatic rings. The first kappa shape index (κ1) is 13.0. The summed E-state index contributed by atoms with van der Waals surface area (Å²) in [6.07, 6.45) is 2.61. The number of hydrogen-bond acceptors (Lipinski definition) is 1.